The van der Waals surface area contributed by atoms with Crippen molar-refractivity contribution in [1.29, 1.82) is 0 Å². The van der Waals surface area contributed by atoms with E-state index in [0.717, 1.165) is 22.1 Å². The van der Waals surface area contributed by atoms with Crippen LogP contribution in [-0.4, -0.2) is 23.3 Å². The van der Waals surface area contributed by atoms with Gasteiger partial charge in [-0.1, -0.05) is 12.1 Å². The molecule has 1 aromatic carbocycles. The first-order valence-corrected chi connectivity index (χ1v) is 6.93. The molecular formula is C15H20BNO3. The third kappa shape index (κ3) is 1.88. The molecule has 2 heterocycles. The highest BCUT2D eigenvalue weighted by Gasteiger charge is 2.52. The van der Waals surface area contributed by atoms with Gasteiger partial charge in [0.15, 0.2) is 11.5 Å². The Kier molecular flexibility index (Phi) is 2.79. The second-order valence-corrected chi connectivity index (χ2v) is 6.47. The largest absolute Gasteiger partial charge is 0.498 e. The molecule has 3 rings (SSSR count). The van der Waals surface area contributed by atoms with Crippen molar-refractivity contribution in [3.8, 4) is 0 Å². The number of hydrogen-bond acceptors (Lipinski definition) is 4. The molecule has 1 saturated heterocycles. The van der Waals surface area contributed by atoms with E-state index in [1.165, 1.54) is 0 Å². The topological polar surface area (TPSA) is 44.5 Å². The maximum absolute atomic E-state index is 6.10. The Hall–Kier alpha value is -1.33. The molecule has 0 amide bonds. The average Bonchev–Trinajstić information content (AvgIpc) is 2.78. The van der Waals surface area contributed by atoms with Crippen LogP contribution in [0, 0.1) is 13.8 Å². The fourth-order valence-electron chi connectivity index (χ4n) is 2.42. The third-order valence-corrected chi connectivity index (χ3v) is 4.39. The van der Waals surface area contributed by atoms with Crippen molar-refractivity contribution in [3.63, 3.8) is 0 Å². The minimum atomic E-state index is -0.421. The highest BCUT2D eigenvalue weighted by atomic mass is 16.7. The van der Waals surface area contributed by atoms with Crippen molar-refractivity contribution in [2.24, 2.45) is 0 Å². The minimum absolute atomic E-state index is 0.357. The summed E-state index contributed by atoms with van der Waals surface area (Å²) in [4.78, 5) is 4.44. The molecule has 0 radical (unpaired) electrons. The number of benzene rings is 1. The Balaban J connectivity index is 2.11. The highest BCUT2D eigenvalue weighted by Crippen LogP contribution is 2.37. The van der Waals surface area contributed by atoms with Gasteiger partial charge in [-0.3, -0.25) is 0 Å². The minimum Gasteiger partial charge on any atom is -0.441 e. The fraction of sp³-hybridized carbons (Fsp3) is 0.533. The van der Waals surface area contributed by atoms with Gasteiger partial charge < -0.3 is 13.7 Å². The number of aromatic nitrogens is 1. The van der Waals surface area contributed by atoms with Gasteiger partial charge in [0.05, 0.1) is 11.2 Å². The van der Waals surface area contributed by atoms with Crippen LogP contribution in [0.5, 0.6) is 0 Å². The van der Waals surface area contributed by atoms with Gasteiger partial charge in [-0.05, 0) is 40.2 Å². The molecule has 0 aliphatic carbocycles. The predicted octanol–water partition coefficient (Wildman–Crippen LogP) is 2.74. The molecule has 20 heavy (non-hydrogen) atoms. The van der Waals surface area contributed by atoms with Crippen molar-refractivity contribution in [2.75, 3.05) is 0 Å². The number of fused-ring (bicyclic) bond motifs is 1. The van der Waals surface area contributed by atoms with Crippen molar-refractivity contribution in [2.45, 2.75) is 52.7 Å². The summed E-state index contributed by atoms with van der Waals surface area (Å²) in [7, 11) is -0.421. The summed E-state index contributed by atoms with van der Waals surface area (Å²) in [5.41, 5.74) is 2.94. The molecule has 0 atom stereocenters. The molecule has 1 fully saturated rings. The van der Waals surface area contributed by atoms with Gasteiger partial charge in [-0.15, -0.1) is 0 Å². The van der Waals surface area contributed by atoms with E-state index in [4.69, 9.17) is 13.7 Å². The number of hydrogen-bond donors (Lipinski definition) is 0. The molecular weight excluding hydrogens is 253 g/mol. The molecule has 0 unspecified atom stereocenters. The predicted molar refractivity (Wildman–Crippen MR) is 79.2 cm³/mol. The van der Waals surface area contributed by atoms with Crippen LogP contribution in [0.1, 0.15) is 39.1 Å². The van der Waals surface area contributed by atoms with Crippen molar-refractivity contribution < 1.29 is 13.7 Å². The van der Waals surface area contributed by atoms with E-state index in [2.05, 4.69) is 4.98 Å². The van der Waals surface area contributed by atoms with Crippen LogP contribution in [0.25, 0.3) is 11.1 Å². The van der Waals surface area contributed by atoms with Crippen molar-refractivity contribution in [3.05, 3.63) is 23.6 Å². The first-order chi connectivity index (χ1) is 9.21. The number of aryl methyl sites for hydroxylation is 2. The van der Waals surface area contributed by atoms with E-state index < -0.39 is 7.12 Å². The first kappa shape index (κ1) is 13.6. The summed E-state index contributed by atoms with van der Waals surface area (Å²) in [5.74, 6) is 0.659. The zero-order valence-electron chi connectivity index (χ0n) is 12.9. The number of rotatable bonds is 1. The average molecular weight is 273 g/mol. The Morgan fingerprint density at radius 1 is 1.00 bits per heavy atom. The van der Waals surface area contributed by atoms with Gasteiger partial charge >= 0.3 is 7.12 Å². The van der Waals surface area contributed by atoms with Crippen molar-refractivity contribution in [1.82, 2.24) is 4.98 Å². The highest BCUT2D eigenvalue weighted by molar-refractivity contribution is 6.64. The lowest BCUT2D eigenvalue weighted by atomic mass is 9.78. The van der Waals surface area contributed by atoms with Gasteiger partial charge in [0, 0.05) is 12.4 Å². The molecule has 1 aliphatic heterocycles. The monoisotopic (exact) mass is 273 g/mol. The zero-order chi connectivity index (χ0) is 14.7. The van der Waals surface area contributed by atoms with E-state index in [1.54, 1.807) is 0 Å². The van der Waals surface area contributed by atoms with Gasteiger partial charge in [-0.2, -0.15) is 0 Å². The maximum Gasteiger partial charge on any atom is 0.498 e. The second-order valence-electron chi connectivity index (χ2n) is 6.47. The van der Waals surface area contributed by atoms with Gasteiger partial charge in [0.1, 0.15) is 5.52 Å². The van der Waals surface area contributed by atoms with Gasteiger partial charge in [0.25, 0.3) is 0 Å². The third-order valence-electron chi connectivity index (χ3n) is 4.39. The standard InChI is InChI=1S/C15H20BNO3/c1-9-7-8-11(13-12(9)17-10(2)18-13)16-19-14(3,4)15(5,6)20-16/h7-8H,1-6H3. The van der Waals surface area contributed by atoms with E-state index in [1.807, 2.05) is 53.7 Å². The number of oxazole rings is 1. The summed E-state index contributed by atoms with van der Waals surface area (Å²) >= 11 is 0. The summed E-state index contributed by atoms with van der Waals surface area (Å²) in [6.45, 7) is 12.1. The molecule has 0 spiro atoms. The SMILES string of the molecule is Cc1nc2c(C)ccc(B3OC(C)(C)C(C)(C)O3)c2o1. The molecule has 2 aromatic rings. The van der Waals surface area contributed by atoms with Crippen LogP contribution in [0.4, 0.5) is 0 Å². The molecule has 5 heteroatoms. The Bertz CT molecular complexity index is 659. The lowest BCUT2D eigenvalue weighted by Gasteiger charge is -2.32. The van der Waals surface area contributed by atoms with Crippen LogP contribution in [0.15, 0.2) is 16.5 Å². The fourth-order valence-corrected chi connectivity index (χ4v) is 2.42. The smallest absolute Gasteiger partial charge is 0.441 e. The van der Waals surface area contributed by atoms with E-state index in [9.17, 15) is 0 Å². The van der Waals surface area contributed by atoms with Crippen LogP contribution in [0.3, 0.4) is 0 Å². The Labute approximate surface area is 119 Å². The number of nitrogens with zero attached hydrogens (tertiary/aromatic N) is 1. The van der Waals surface area contributed by atoms with Crippen LogP contribution in [-0.2, 0) is 9.31 Å². The van der Waals surface area contributed by atoms with Crippen LogP contribution < -0.4 is 5.46 Å². The normalized spacial score (nSPS) is 20.8. The van der Waals surface area contributed by atoms with E-state index >= 15 is 0 Å². The van der Waals surface area contributed by atoms with Gasteiger partial charge in [0.2, 0.25) is 0 Å². The molecule has 106 valence electrons. The summed E-state index contributed by atoms with van der Waals surface area (Å²) in [5, 5.41) is 0. The first-order valence-electron chi connectivity index (χ1n) is 6.93. The molecule has 4 nitrogen and oxygen atoms in total. The molecule has 0 bridgehead atoms. The van der Waals surface area contributed by atoms with Crippen molar-refractivity contribution >= 4 is 23.7 Å². The molecule has 0 N–H and O–H groups in total. The molecule has 1 aliphatic rings. The van der Waals surface area contributed by atoms with E-state index in [-0.39, 0.29) is 11.2 Å². The lowest BCUT2D eigenvalue weighted by Crippen LogP contribution is -2.41. The zero-order valence-corrected chi connectivity index (χ0v) is 12.9. The summed E-state index contributed by atoms with van der Waals surface area (Å²) < 4.78 is 18.0. The summed E-state index contributed by atoms with van der Waals surface area (Å²) in [6.07, 6.45) is 0. The molecule has 0 saturated carbocycles. The second kappa shape index (κ2) is 4.09. The van der Waals surface area contributed by atoms with Crippen LogP contribution in [0.2, 0.25) is 0 Å². The summed E-state index contributed by atoms with van der Waals surface area (Å²) in [6, 6.07) is 4.04. The van der Waals surface area contributed by atoms with Crippen LogP contribution >= 0.6 is 0 Å². The lowest BCUT2D eigenvalue weighted by molar-refractivity contribution is 0.00578. The Morgan fingerprint density at radius 2 is 1.60 bits per heavy atom. The van der Waals surface area contributed by atoms with E-state index in [0.29, 0.717) is 5.89 Å². The Morgan fingerprint density at radius 3 is 2.20 bits per heavy atom. The maximum atomic E-state index is 6.10. The molecule has 1 aromatic heterocycles. The van der Waals surface area contributed by atoms with Gasteiger partial charge in [-0.25, -0.2) is 4.98 Å². The quantitative estimate of drug-likeness (QED) is 0.749.